The molecule has 2 aliphatic rings. The number of nitrogens with zero attached hydrogens (tertiary/aromatic N) is 5. The first-order valence-electron chi connectivity index (χ1n) is 8.89. The third-order valence-corrected chi connectivity index (χ3v) is 5.24. The molecule has 0 aliphatic carbocycles. The van der Waals surface area contributed by atoms with Gasteiger partial charge in [-0.3, -0.25) is 14.3 Å². The molecule has 25 heavy (non-hydrogen) atoms. The molecule has 0 unspecified atom stereocenters. The zero-order chi connectivity index (χ0) is 17.2. The van der Waals surface area contributed by atoms with Crippen LogP contribution in [-0.4, -0.2) is 73.9 Å². The topological polar surface area (TPSA) is 74.5 Å². The number of aliphatic hydroxyl groups excluding tert-OH is 1. The summed E-state index contributed by atoms with van der Waals surface area (Å²) in [6.07, 6.45) is 6.41. The standard InChI is InChI=1S/C18H23N5O2/c24-17-11-22(10-16(17)21-8-2-1-3-9-21)18(25)14-4-6-15(7-5-14)23-12-19-20-13-23/h4-7,12-13,16-17,24H,1-3,8-11H2/t16-,17-/m0/s1. The Bertz CT molecular complexity index is 710. The molecule has 7 heteroatoms. The first kappa shape index (κ1) is 16.2. The lowest BCUT2D eigenvalue weighted by atomic mass is 10.1. The molecule has 0 spiro atoms. The highest BCUT2D eigenvalue weighted by Gasteiger charge is 2.38. The second-order valence-corrected chi connectivity index (χ2v) is 6.86. The fourth-order valence-corrected chi connectivity index (χ4v) is 3.84. The minimum absolute atomic E-state index is 0.0196. The van der Waals surface area contributed by atoms with Crippen molar-refractivity contribution < 1.29 is 9.90 Å². The van der Waals surface area contributed by atoms with E-state index < -0.39 is 6.10 Å². The molecule has 3 heterocycles. The van der Waals surface area contributed by atoms with Crippen molar-refractivity contribution in [3.05, 3.63) is 42.5 Å². The first-order valence-corrected chi connectivity index (χ1v) is 8.89. The Balaban J connectivity index is 1.44. The maximum absolute atomic E-state index is 12.8. The van der Waals surface area contributed by atoms with E-state index in [1.165, 1.54) is 19.3 Å². The lowest BCUT2D eigenvalue weighted by Gasteiger charge is -2.33. The van der Waals surface area contributed by atoms with Crippen LogP contribution in [0.5, 0.6) is 0 Å². The molecule has 1 amide bonds. The van der Waals surface area contributed by atoms with Crippen LogP contribution >= 0.6 is 0 Å². The molecule has 2 saturated heterocycles. The van der Waals surface area contributed by atoms with Crippen LogP contribution in [0.25, 0.3) is 5.69 Å². The van der Waals surface area contributed by atoms with Gasteiger partial charge >= 0.3 is 0 Å². The average Bonchev–Trinajstić information content (AvgIpc) is 3.32. The number of hydrogen-bond donors (Lipinski definition) is 1. The molecule has 0 saturated carbocycles. The fourth-order valence-electron chi connectivity index (χ4n) is 3.84. The zero-order valence-electron chi connectivity index (χ0n) is 14.2. The monoisotopic (exact) mass is 341 g/mol. The zero-order valence-corrected chi connectivity index (χ0v) is 14.2. The Morgan fingerprint density at radius 2 is 1.68 bits per heavy atom. The van der Waals surface area contributed by atoms with Crippen LogP contribution in [0.2, 0.25) is 0 Å². The van der Waals surface area contributed by atoms with Crippen LogP contribution in [0.3, 0.4) is 0 Å². The van der Waals surface area contributed by atoms with Gasteiger partial charge in [0.2, 0.25) is 0 Å². The molecule has 1 aromatic heterocycles. The van der Waals surface area contributed by atoms with Gasteiger partial charge in [-0.25, -0.2) is 0 Å². The second-order valence-electron chi connectivity index (χ2n) is 6.86. The molecular formula is C18H23N5O2. The van der Waals surface area contributed by atoms with Crippen molar-refractivity contribution >= 4 is 5.91 Å². The minimum Gasteiger partial charge on any atom is -0.390 e. The maximum Gasteiger partial charge on any atom is 0.253 e. The quantitative estimate of drug-likeness (QED) is 0.899. The number of benzene rings is 1. The van der Waals surface area contributed by atoms with E-state index in [9.17, 15) is 9.90 Å². The average molecular weight is 341 g/mol. The summed E-state index contributed by atoms with van der Waals surface area (Å²) in [7, 11) is 0. The largest absolute Gasteiger partial charge is 0.390 e. The molecule has 2 atom stereocenters. The van der Waals surface area contributed by atoms with Gasteiger partial charge in [0.1, 0.15) is 12.7 Å². The number of likely N-dealkylation sites (tertiary alicyclic amines) is 2. The molecule has 1 N–H and O–H groups in total. The van der Waals surface area contributed by atoms with E-state index in [1.54, 1.807) is 22.1 Å². The predicted molar refractivity (Wildman–Crippen MR) is 92.5 cm³/mol. The van der Waals surface area contributed by atoms with Gasteiger partial charge in [0.15, 0.2) is 0 Å². The molecule has 7 nitrogen and oxygen atoms in total. The molecule has 1 aromatic carbocycles. The Morgan fingerprint density at radius 3 is 2.36 bits per heavy atom. The van der Waals surface area contributed by atoms with Crippen molar-refractivity contribution in [3.63, 3.8) is 0 Å². The number of carbonyl (C=O) groups is 1. The Morgan fingerprint density at radius 1 is 1.00 bits per heavy atom. The van der Waals surface area contributed by atoms with Crippen LogP contribution in [-0.2, 0) is 0 Å². The van der Waals surface area contributed by atoms with Crippen LogP contribution in [0.15, 0.2) is 36.9 Å². The number of amides is 1. The normalized spacial score (nSPS) is 24.6. The number of β-amino-alcohol motifs (C(OH)–C–C–N with tert-alkyl or cyclic N) is 1. The van der Waals surface area contributed by atoms with Crippen molar-refractivity contribution in [2.75, 3.05) is 26.2 Å². The molecule has 2 aliphatic heterocycles. The van der Waals surface area contributed by atoms with Crippen molar-refractivity contribution in [2.24, 2.45) is 0 Å². The highest BCUT2D eigenvalue weighted by atomic mass is 16.3. The summed E-state index contributed by atoms with van der Waals surface area (Å²) in [6, 6.07) is 7.47. The summed E-state index contributed by atoms with van der Waals surface area (Å²) in [5.74, 6) is -0.0196. The van der Waals surface area contributed by atoms with E-state index in [4.69, 9.17) is 0 Å². The van der Waals surface area contributed by atoms with Crippen LogP contribution in [0, 0.1) is 0 Å². The van der Waals surface area contributed by atoms with Gasteiger partial charge in [0.25, 0.3) is 5.91 Å². The molecule has 0 radical (unpaired) electrons. The van der Waals surface area contributed by atoms with E-state index in [0.717, 1.165) is 18.8 Å². The smallest absolute Gasteiger partial charge is 0.253 e. The summed E-state index contributed by atoms with van der Waals surface area (Å²) in [6.45, 7) is 3.06. The van der Waals surface area contributed by atoms with Crippen molar-refractivity contribution in [3.8, 4) is 5.69 Å². The van der Waals surface area contributed by atoms with Gasteiger partial charge < -0.3 is 10.0 Å². The van der Waals surface area contributed by atoms with Crippen LogP contribution < -0.4 is 0 Å². The lowest BCUT2D eigenvalue weighted by molar-refractivity contribution is 0.0702. The first-order chi connectivity index (χ1) is 12.2. The van der Waals surface area contributed by atoms with Crippen molar-refractivity contribution in [2.45, 2.75) is 31.4 Å². The molecule has 2 aromatic rings. The maximum atomic E-state index is 12.8. The number of aromatic nitrogens is 3. The van der Waals surface area contributed by atoms with Gasteiger partial charge in [0, 0.05) is 24.3 Å². The summed E-state index contributed by atoms with van der Waals surface area (Å²) < 4.78 is 1.79. The highest BCUT2D eigenvalue weighted by molar-refractivity contribution is 5.94. The third kappa shape index (κ3) is 3.29. The summed E-state index contributed by atoms with van der Waals surface area (Å²) in [5, 5.41) is 18.0. The Kier molecular flexibility index (Phi) is 4.50. The molecule has 2 fully saturated rings. The van der Waals surface area contributed by atoms with Gasteiger partial charge in [-0.05, 0) is 50.2 Å². The number of piperidine rings is 1. The molecule has 4 rings (SSSR count). The lowest BCUT2D eigenvalue weighted by Crippen LogP contribution is -2.46. The summed E-state index contributed by atoms with van der Waals surface area (Å²) in [4.78, 5) is 16.9. The summed E-state index contributed by atoms with van der Waals surface area (Å²) >= 11 is 0. The number of carbonyl (C=O) groups excluding carboxylic acids is 1. The molecule has 132 valence electrons. The van der Waals surface area contributed by atoms with Crippen molar-refractivity contribution in [1.82, 2.24) is 24.6 Å². The second kappa shape index (κ2) is 6.93. The van der Waals surface area contributed by atoms with Gasteiger partial charge in [-0.15, -0.1) is 10.2 Å². The Labute approximate surface area is 146 Å². The van der Waals surface area contributed by atoms with E-state index in [0.29, 0.717) is 18.7 Å². The van der Waals surface area contributed by atoms with Gasteiger partial charge in [-0.2, -0.15) is 0 Å². The van der Waals surface area contributed by atoms with E-state index >= 15 is 0 Å². The predicted octanol–water partition coefficient (Wildman–Crippen LogP) is 0.938. The minimum atomic E-state index is -0.460. The van der Waals surface area contributed by atoms with Crippen molar-refractivity contribution in [1.29, 1.82) is 0 Å². The number of aliphatic hydroxyl groups is 1. The Hall–Kier alpha value is -2.25. The van der Waals surface area contributed by atoms with E-state index in [1.807, 2.05) is 24.3 Å². The molecular weight excluding hydrogens is 318 g/mol. The number of hydrogen-bond acceptors (Lipinski definition) is 5. The number of rotatable bonds is 3. The van der Waals surface area contributed by atoms with Gasteiger partial charge in [-0.1, -0.05) is 6.42 Å². The summed E-state index contributed by atoms with van der Waals surface area (Å²) in [5.41, 5.74) is 1.55. The van der Waals surface area contributed by atoms with Gasteiger partial charge in [0.05, 0.1) is 12.1 Å². The fraction of sp³-hybridized carbons (Fsp3) is 0.500. The van der Waals surface area contributed by atoms with E-state index in [-0.39, 0.29) is 11.9 Å². The van der Waals surface area contributed by atoms with Crippen LogP contribution in [0.4, 0.5) is 0 Å². The third-order valence-electron chi connectivity index (χ3n) is 5.24. The van der Waals surface area contributed by atoms with Crippen LogP contribution in [0.1, 0.15) is 29.6 Å². The molecule has 0 bridgehead atoms. The highest BCUT2D eigenvalue weighted by Crippen LogP contribution is 2.22. The van der Waals surface area contributed by atoms with E-state index in [2.05, 4.69) is 15.1 Å². The SMILES string of the molecule is O=C(c1ccc(-n2cnnc2)cc1)N1C[C@H](O)[C@@H](N2CCCCC2)C1.